The highest BCUT2D eigenvalue weighted by atomic mass is 32.2. The summed E-state index contributed by atoms with van der Waals surface area (Å²) in [6, 6.07) is 4.34. The molecule has 2 aromatic rings. The average molecular weight is 497 g/mol. The lowest BCUT2D eigenvalue weighted by Gasteiger charge is -2.49. The number of fused-ring (bicyclic) bond motifs is 1. The molecule has 2 aliphatic rings. The Labute approximate surface area is 192 Å². The molecule has 0 aromatic carbocycles. The molecule has 4 rings (SSSR count). The fourth-order valence-corrected chi connectivity index (χ4v) is 7.35. The largest absolute Gasteiger partial charge is 0.477 e. The van der Waals surface area contributed by atoms with Crippen molar-refractivity contribution in [2.45, 2.75) is 20.7 Å². The molecule has 0 radical (unpaired) electrons. The Morgan fingerprint density at radius 2 is 2.23 bits per heavy atom. The predicted molar refractivity (Wildman–Crippen MR) is 118 cm³/mol. The number of β-lactam (4-membered cyclic amide) rings is 1. The Balaban J connectivity index is 1.41. The summed E-state index contributed by atoms with van der Waals surface area (Å²) in [4.78, 5) is 46.0. The minimum Gasteiger partial charge on any atom is -0.477 e. The van der Waals surface area contributed by atoms with E-state index in [2.05, 4.69) is 15.3 Å². The van der Waals surface area contributed by atoms with E-state index >= 15 is 0 Å². The van der Waals surface area contributed by atoms with Gasteiger partial charge in [0, 0.05) is 17.7 Å². The first-order chi connectivity index (χ1) is 15.0. The van der Waals surface area contributed by atoms with Gasteiger partial charge in [-0.2, -0.15) is 0 Å². The van der Waals surface area contributed by atoms with Crippen LogP contribution in [0.4, 0.5) is 0 Å². The number of nitrogens with one attached hydrogen (secondary N) is 1. The molecule has 3 atom stereocenters. The number of carbonyl (C=O) groups excluding carboxylic acids is 2. The molecule has 0 spiro atoms. The van der Waals surface area contributed by atoms with Crippen molar-refractivity contribution in [3.8, 4) is 0 Å². The van der Waals surface area contributed by atoms with Crippen LogP contribution in [-0.4, -0.2) is 70.6 Å². The fourth-order valence-electron chi connectivity index (χ4n) is 3.12. The van der Waals surface area contributed by atoms with Gasteiger partial charge in [0.05, 0.1) is 20.0 Å². The van der Waals surface area contributed by atoms with E-state index in [1.807, 2.05) is 0 Å². The van der Waals surface area contributed by atoms with E-state index in [1.165, 1.54) is 46.1 Å². The van der Waals surface area contributed by atoms with Gasteiger partial charge in [-0.1, -0.05) is 6.07 Å². The molecule has 2 N–H and O–H groups in total. The maximum absolute atomic E-state index is 12.7. The van der Waals surface area contributed by atoms with Crippen LogP contribution in [0.1, 0.15) is 0 Å². The molecular weight excluding hydrogens is 480 g/mol. The number of thioether (sulfide) groups is 2. The smallest absolute Gasteiger partial charge is 0.352 e. The average Bonchev–Trinajstić information content (AvgIpc) is 3.31. The van der Waals surface area contributed by atoms with Crippen LogP contribution in [0.3, 0.4) is 0 Å². The third kappa shape index (κ3) is 4.68. The highest BCUT2D eigenvalue weighted by Crippen LogP contribution is 2.41. The van der Waals surface area contributed by atoms with Gasteiger partial charge in [0.2, 0.25) is 5.91 Å². The summed E-state index contributed by atoms with van der Waals surface area (Å²) < 4.78 is 12.8. The first kappa shape index (κ1) is 22.0. The van der Waals surface area contributed by atoms with E-state index in [-0.39, 0.29) is 11.4 Å². The van der Waals surface area contributed by atoms with Gasteiger partial charge in [-0.3, -0.25) is 18.7 Å². The number of carboxylic acids is 1. The van der Waals surface area contributed by atoms with Crippen molar-refractivity contribution in [1.82, 2.24) is 20.2 Å². The molecule has 1 fully saturated rings. The summed E-state index contributed by atoms with van der Waals surface area (Å²) in [5, 5.41) is 14.3. The summed E-state index contributed by atoms with van der Waals surface area (Å²) in [6.45, 7) is 0. The molecule has 2 aliphatic heterocycles. The quantitative estimate of drug-likeness (QED) is 0.314. The number of nitrogens with zero attached hydrogens (tertiary/aromatic N) is 3. The van der Waals surface area contributed by atoms with Crippen molar-refractivity contribution < 1.29 is 23.7 Å². The topological polar surface area (TPSA) is 130 Å². The SMILES string of the molecule is O=C(CS(=O)c1cccs1)NC1C(=O)N2C(C(=O)O)=C(CSc3ccncn3)CSC12. The number of carbonyl (C=O) groups is 3. The third-order valence-electron chi connectivity index (χ3n) is 4.50. The molecule has 31 heavy (non-hydrogen) atoms. The number of thiophene rings is 1. The lowest BCUT2D eigenvalue weighted by Crippen LogP contribution is -2.70. The number of hydrogen-bond donors (Lipinski definition) is 2. The van der Waals surface area contributed by atoms with Gasteiger partial charge < -0.3 is 10.4 Å². The second-order valence-corrected chi connectivity index (χ2v) is 11.2. The lowest BCUT2D eigenvalue weighted by atomic mass is 10.0. The minimum atomic E-state index is -1.48. The van der Waals surface area contributed by atoms with Crippen LogP contribution in [-0.2, 0) is 25.2 Å². The fraction of sp³-hybridized carbons (Fsp3) is 0.278. The maximum Gasteiger partial charge on any atom is 0.352 e. The van der Waals surface area contributed by atoms with Gasteiger partial charge in [-0.15, -0.1) is 34.9 Å². The van der Waals surface area contributed by atoms with Crippen LogP contribution in [0.25, 0.3) is 0 Å². The van der Waals surface area contributed by atoms with Crippen molar-refractivity contribution in [1.29, 1.82) is 0 Å². The van der Waals surface area contributed by atoms with Crippen LogP contribution in [0, 0.1) is 0 Å². The van der Waals surface area contributed by atoms with Crippen LogP contribution >= 0.6 is 34.9 Å². The molecule has 2 aromatic heterocycles. The molecule has 1 saturated heterocycles. The summed E-state index contributed by atoms with van der Waals surface area (Å²) in [7, 11) is -1.48. The van der Waals surface area contributed by atoms with E-state index in [9.17, 15) is 23.7 Å². The van der Waals surface area contributed by atoms with Gasteiger partial charge in [0.1, 0.15) is 29.2 Å². The number of amides is 2. The first-order valence-corrected chi connectivity index (χ1v) is 13.2. The number of carboxylic acid groups (broad SMARTS) is 1. The van der Waals surface area contributed by atoms with E-state index in [4.69, 9.17) is 0 Å². The zero-order valence-electron chi connectivity index (χ0n) is 15.8. The van der Waals surface area contributed by atoms with Crippen molar-refractivity contribution >= 4 is 63.4 Å². The molecule has 2 amide bonds. The first-order valence-electron chi connectivity index (χ1n) is 8.95. The highest BCUT2D eigenvalue weighted by Gasteiger charge is 2.54. The van der Waals surface area contributed by atoms with Gasteiger partial charge >= 0.3 is 5.97 Å². The zero-order valence-corrected chi connectivity index (χ0v) is 19.1. The van der Waals surface area contributed by atoms with Crippen LogP contribution < -0.4 is 5.32 Å². The van der Waals surface area contributed by atoms with E-state index < -0.39 is 40.0 Å². The molecule has 4 heterocycles. The van der Waals surface area contributed by atoms with Crippen molar-refractivity contribution in [2.24, 2.45) is 0 Å². The standard InChI is InChI=1S/C18H16N4O5S4/c23-11(8-31(27)13-2-1-5-28-13)21-14-16(24)22-15(18(25)26)10(7-30-17(14)22)6-29-12-3-4-19-9-20-12/h1-5,9,14,17H,6-8H2,(H,21,23)(H,25,26). The van der Waals surface area contributed by atoms with Crippen molar-refractivity contribution in [3.63, 3.8) is 0 Å². The summed E-state index contributed by atoms with van der Waals surface area (Å²) >= 11 is 4.06. The number of rotatable bonds is 8. The van der Waals surface area contributed by atoms with Crippen LogP contribution in [0.2, 0.25) is 0 Å². The van der Waals surface area contributed by atoms with E-state index in [1.54, 1.807) is 29.8 Å². The van der Waals surface area contributed by atoms with Crippen molar-refractivity contribution in [2.75, 3.05) is 17.3 Å². The second-order valence-electron chi connectivity index (χ2n) is 6.47. The molecule has 9 nitrogen and oxygen atoms in total. The monoisotopic (exact) mass is 496 g/mol. The number of aromatic nitrogens is 2. The second kappa shape index (κ2) is 9.51. The molecule has 162 valence electrons. The van der Waals surface area contributed by atoms with Crippen LogP contribution in [0.5, 0.6) is 0 Å². The van der Waals surface area contributed by atoms with E-state index in [0.717, 1.165) is 0 Å². The van der Waals surface area contributed by atoms with Gasteiger partial charge in [-0.05, 0) is 23.1 Å². The maximum atomic E-state index is 12.7. The molecule has 0 bridgehead atoms. The Hall–Kier alpha value is -2.22. The Bertz CT molecular complexity index is 1060. The number of aliphatic carboxylic acids is 1. The zero-order chi connectivity index (χ0) is 22.0. The summed E-state index contributed by atoms with van der Waals surface area (Å²) in [5.74, 6) is -1.61. The number of hydrogen-bond acceptors (Lipinski definition) is 9. The van der Waals surface area contributed by atoms with Gasteiger partial charge in [0.15, 0.2) is 0 Å². The lowest BCUT2D eigenvalue weighted by molar-refractivity contribution is -0.150. The van der Waals surface area contributed by atoms with Gasteiger partial charge in [-0.25, -0.2) is 14.8 Å². The highest BCUT2D eigenvalue weighted by molar-refractivity contribution is 8.01. The Morgan fingerprint density at radius 3 is 2.90 bits per heavy atom. The Kier molecular flexibility index (Phi) is 6.74. The molecule has 0 saturated carbocycles. The summed E-state index contributed by atoms with van der Waals surface area (Å²) in [6.07, 6.45) is 3.02. The van der Waals surface area contributed by atoms with Crippen molar-refractivity contribution in [3.05, 3.63) is 47.4 Å². The molecule has 3 unspecified atom stereocenters. The van der Waals surface area contributed by atoms with Crippen LogP contribution in [0.15, 0.2) is 56.6 Å². The molecular formula is C18H16N4O5S4. The summed E-state index contributed by atoms with van der Waals surface area (Å²) in [5.41, 5.74) is 0.581. The Morgan fingerprint density at radius 1 is 1.39 bits per heavy atom. The molecule has 0 aliphatic carbocycles. The normalized spacial score (nSPS) is 21.3. The third-order valence-corrected chi connectivity index (χ3v) is 9.48. The predicted octanol–water partition coefficient (Wildman–Crippen LogP) is 1.18. The van der Waals surface area contributed by atoms with E-state index in [0.29, 0.717) is 26.3 Å². The minimum absolute atomic E-state index is 0.0389. The van der Waals surface area contributed by atoms with Gasteiger partial charge in [0.25, 0.3) is 5.91 Å². The molecule has 13 heteroatoms.